The number of hydrogen-bond acceptors (Lipinski definition) is 3. The number of rotatable bonds is 5. The van der Waals surface area contributed by atoms with E-state index in [0.717, 1.165) is 43.4 Å². The third-order valence-electron chi connectivity index (χ3n) is 8.14. The quantitative estimate of drug-likeness (QED) is 0.656. The van der Waals surface area contributed by atoms with Gasteiger partial charge in [-0.05, 0) is 49.8 Å². The average molecular weight is 469 g/mol. The van der Waals surface area contributed by atoms with Crippen LogP contribution in [0.1, 0.15) is 45.1 Å². The fourth-order valence-corrected chi connectivity index (χ4v) is 6.80. The van der Waals surface area contributed by atoms with Crippen molar-refractivity contribution in [1.82, 2.24) is 9.80 Å². The number of hydrogen-bond donors (Lipinski definition) is 0. The van der Waals surface area contributed by atoms with Gasteiger partial charge in [0.15, 0.2) is 18.2 Å². The third kappa shape index (κ3) is 3.75. The smallest absolute Gasteiger partial charge is 0.261 e. The van der Waals surface area contributed by atoms with Crippen LogP contribution in [0.3, 0.4) is 0 Å². The summed E-state index contributed by atoms with van der Waals surface area (Å²) in [6, 6.07) is 12.9. The van der Waals surface area contributed by atoms with Crippen molar-refractivity contribution in [3.63, 3.8) is 0 Å². The van der Waals surface area contributed by atoms with Crippen LogP contribution in [0.25, 0.3) is 0 Å². The summed E-state index contributed by atoms with van der Waals surface area (Å²) < 4.78 is 32.8. The van der Waals surface area contributed by atoms with Crippen molar-refractivity contribution in [1.29, 1.82) is 0 Å². The van der Waals surface area contributed by atoms with E-state index in [9.17, 15) is 18.4 Å². The van der Waals surface area contributed by atoms with Gasteiger partial charge in [-0.25, -0.2) is 8.78 Å². The van der Waals surface area contributed by atoms with Crippen molar-refractivity contribution in [2.75, 3.05) is 6.61 Å². The summed E-state index contributed by atoms with van der Waals surface area (Å²) in [4.78, 5) is 30.5. The molecular weight excluding hydrogens is 438 g/mol. The van der Waals surface area contributed by atoms with Crippen LogP contribution in [-0.2, 0) is 16.0 Å². The summed E-state index contributed by atoms with van der Waals surface area (Å²) in [5.41, 5.74) is 0.944. The molecule has 34 heavy (non-hydrogen) atoms. The van der Waals surface area contributed by atoms with E-state index in [0.29, 0.717) is 6.42 Å². The van der Waals surface area contributed by atoms with E-state index >= 15 is 0 Å². The van der Waals surface area contributed by atoms with E-state index < -0.39 is 11.6 Å². The molecule has 3 fully saturated rings. The number of carbonyl (C=O) groups is 2. The summed E-state index contributed by atoms with van der Waals surface area (Å²) in [5, 5.41) is 0. The van der Waals surface area contributed by atoms with Crippen LogP contribution < -0.4 is 4.74 Å². The molecule has 5 atom stereocenters. The Bertz CT molecular complexity index is 1090. The SMILES string of the molecule is CC(=O)N1[C@@H](Cc2ccccc2)[C@@H]2C[C@@]3(C)[C@H](CCC[C@@H]13)N2C(=O)COc1ccc(F)cc1F. The lowest BCUT2D eigenvalue weighted by atomic mass is 9.64. The first kappa shape index (κ1) is 22.8. The molecule has 1 saturated carbocycles. The Kier molecular flexibility index (Phi) is 5.82. The number of fused-ring (bicyclic) bond motifs is 1. The van der Waals surface area contributed by atoms with Gasteiger partial charge in [-0.15, -0.1) is 0 Å². The summed E-state index contributed by atoms with van der Waals surface area (Å²) in [5.74, 6) is -1.84. The van der Waals surface area contributed by atoms with E-state index in [1.807, 2.05) is 28.0 Å². The van der Waals surface area contributed by atoms with Gasteiger partial charge in [-0.1, -0.05) is 37.3 Å². The van der Waals surface area contributed by atoms with Crippen molar-refractivity contribution in [3.8, 4) is 5.75 Å². The van der Waals surface area contributed by atoms with Crippen molar-refractivity contribution >= 4 is 11.8 Å². The zero-order valence-corrected chi connectivity index (χ0v) is 19.5. The normalized spacial score (nSPS) is 29.8. The Morgan fingerprint density at radius 1 is 1.06 bits per heavy atom. The molecule has 2 aliphatic heterocycles. The van der Waals surface area contributed by atoms with Gasteiger partial charge in [0.05, 0.1) is 12.1 Å². The fourth-order valence-electron chi connectivity index (χ4n) is 6.80. The van der Waals surface area contributed by atoms with Crippen LogP contribution in [0.5, 0.6) is 5.75 Å². The number of carbonyl (C=O) groups excluding carboxylic acids is 2. The highest BCUT2D eigenvalue weighted by molar-refractivity contribution is 5.80. The van der Waals surface area contributed by atoms with Gasteiger partial charge in [0, 0.05) is 30.5 Å². The molecule has 0 N–H and O–H groups in total. The van der Waals surface area contributed by atoms with Gasteiger partial charge >= 0.3 is 0 Å². The van der Waals surface area contributed by atoms with Crippen molar-refractivity contribution in [2.24, 2.45) is 5.41 Å². The largest absolute Gasteiger partial charge is 0.481 e. The number of halogens is 2. The van der Waals surface area contributed by atoms with Gasteiger partial charge in [-0.3, -0.25) is 9.59 Å². The maximum atomic E-state index is 14.1. The Balaban J connectivity index is 1.46. The fraction of sp³-hybridized carbons (Fsp3) is 0.481. The molecule has 1 aliphatic carbocycles. The Morgan fingerprint density at radius 3 is 2.44 bits per heavy atom. The minimum atomic E-state index is -0.831. The molecule has 7 heteroatoms. The van der Waals surface area contributed by atoms with E-state index in [-0.39, 0.29) is 53.8 Å². The third-order valence-corrected chi connectivity index (χ3v) is 8.14. The lowest BCUT2D eigenvalue weighted by Crippen LogP contribution is -2.62. The van der Waals surface area contributed by atoms with Crippen LogP contribution in [0, 0.1) is 17.0 Å². The van der Waals surface area contributed by atoms with Crippen LogP contribution in [0.15, 0.2) is 48.5 Å². The highest BCUT2D eigenvalue weighted by Crippen LogP contribution is 2.56. The molecule has 2 heterocycles. The lowest BCUT2D eigenvalue weighted by molar-refractivity contribution is -0.143. The standard InChI is InChI=1S/C27H30F2N2O3/c1-17(32)30-21(13-18-7-4-3-5-8-18)22-15-27(2)24(30)9-6-10-25(27)31(22)26(33)16-34-23-12-11-19(28)14-20(23)29/h3-5,7-8,11-12,14,21-22,24-25H,6,9-10,13,15-16H2,1-2H3/t21-,22-,24+,25-,27+/m0/s1. The van der Waals surface area contributed by atoms with Gasteiger partial charge in [0.25, 0.3) is 5.91 Å². The van der Waals surface area contributed by atoms with Crippen molar-refractivity contribution in [2.45, 2.75) is 70.1 Å². The highest BCUT2D eigenvalue weighted by atomic mass is 19.1. The second kappa shape index (κ2) is 8.67. The number of likely N-dealkylation sites (tertiary alicyclic amines) is 2. The van der Waals surface area contributed by atoms with Crippen LogP contribution in [0.2, 0.25) is 0 Å². The number of piperidine rings is 1. The monoisotopic (exact) mass is 468 g/mol. The van der Waals surface area contributed by atoms with E-state index in [1.165, 1.54) is 6.07 Å². The Labute approximate surface area is 198 Å². The molecule has 0 unspecified atom stereocenters. The molecule has 2 amide bonds. The molecule has 2 aromatic carbocycles. The molecule has 5 nitrogen and oxygen atoms in total. The van der Waals surface area contributed by atoms with Gasteiger partial charge in [-0.2, -0.15) is 0 Å². The average Bonchev–Trinajstić information content (AvgIpc) is 3.11. The van der Waals surface area contributed by atoms with Crippen molar-refractivity contribution in [3.05, 3.63) is 65.7 Å². The maximum absolute atomic E-state index is 14.1. The lowest BCUT2D eigenvalue weighted by Gasteiger charge is -2.52. The van der Waals surface area contributed by atoms with Crippen LogP contribution in [0.4, 0.5) is 8.78 Å². The van der Waals surface area contributed by atoms with E-state index in [4.69, 9.17) is 4.74 Å². The predicted molar refractivity (Wildman–Crippen MR) is 123 cm³/mol. The number of benzene rings is 2. The summed E-state index contributed by atoms with van der Waals surface area (Å²) in [6.45, 7) is 3.51. The molecule has 3 aliphatic rings. The summed E-state index contributed by atoms with van der Waals surface area (Å²) in [7, 11) is 0. The molecule has 2 aromatic rings. The molecule has 0 radical (unpaired) electrons. The first-order valence-electron chi connectivity index (χ1n) is 12.0. The van der Waals surface area contributed by atoms with Crippen LogP contribution in [-0.4, -0.2) is 52.4 Å². The summed E-state index contributed by atoms with van der Waals surface area (Å²) >= 11 is 0. The van der Waals surface area contributed by atoms with Gasteiger partial charge in [0.1, 0.15) is 5.82 Å². The second-order valence-electron chi connectivity index (χ2n) is 10.1. The molecule has 2 saturated heterocycles. The molecule has 2 bridgehead atoms. The summed E-state index contributed by atoms with van der Waals surface area (Å²) in [6.07, 6.45) is 4.26. The number of ether oxygens (including phenoxy) is 1. The Morgan fingerprint density at radius 2 is 1.76 bits per heavy atom. The second-order valence-corrected chi connectivity index (χ2v) is 10.1. The molecule has 0 spiro atoms. The predicted octanol–water partition coefficient (Wildman–Crippen LogP) is 4.35. The molecule has 5 rings (SSSR count). The van der Waals surface area contributed by atoms with Gasteiger partial charge < -0.3 is 14.5 Å². The number of nitrogens with zero attached hydrogens (tertiary/aromatic N) is 2. The minimum absolute atomic E-state index is 0.00744. The first-order valence-corrected chi connectivity index (χ1v) is 12.0. The molecule has 180 valence electrons. The topological polar surface area (TPSA) is 49.9 Å². The highest BCUT2D eigenvalue weighted by Gasteiger charge is 2.64. The van der Waals surface area contributed by atoms with Crippen LogP contribution >= 0.6 is 0 Å². The maximum Gasteiger partial charge on any atom is 0.261 e. The first-order chi connectivity index (χ1) is 16.3. The number of amides is 2. The minimum Gasteiger partial charge on any atom is -0.481 e. The molecular formula is C27H30F2N2O3. The van der Waals surface area contributed by atoms with Crippen molar-refractivity contribution < 1.29 is 23.1 Å². The zero-order valence-electron chi connectivity index (χ0n) is 19.5. The zero-order chi connectivity index (χ0) is 24.0. The van der Waals surface area contributed by atoms with E-state index in [2.05, 4.69) is 19.1 Å². The molecule has 0 aromatic heterocycles. The van der Waals surface area contributed by atoms with Gasteiger partial charge in [0.2, 0.25) is 5.91 Å². The van der Waals surface area contributed by atoms with E-state index in [1.54, 1.807) is 6.92 Å². The Hall–Kier alpha value is -2.96.